The van der Waals surface area contributed by atoms with Crippen molar-refractivity contribution in [1.29, 1.82) is 0 Å². The first kappa shape index (κ1) is 24.9. The molecule has 2 aromatic rings. The SMILES string of the molecule is CCCOc1cccc(C(O)=C2C(=O)C(=O)N(CCCN3CCOCC3)C2c2ccc(C)cc2)c1. The number of rotatable bonds is 9. The van der Waals surface area contributed by atoms with Crippen LogP contribution in [-0.4, -0.2) is 72.6 Å². The molecule has 2 saturated heterocycles. The molecule has 2 fully saturated rings. The molecule has 1 amide bonds. The van der Waals surface area contributed by atoms with E-state index >= 15 is 0 Å². The first-order chi connectivity index (χ1) is 17.0. The third-order valence-electron chi connectivity index (χ3n) is 6.49. The van der Waals surface area contributed by atoms with Crippen LogP contribution in [0.15, 0.2) is 54.1 Å². The van der Waals surface area contributed by atoms with Crippen LogP contribution in [0.5, 0.6) is 5.75 Å². The first-order valence-corrected chi connectivity index (χ1v) is 12.4. The van der Waals surface area contributed by atoms with Gasteiger partial charge in [0, 0.05) is 31.7 Å². The van der Waals surface area contributed by atoms with Gasteiger partial charge in [-0.1, -0.05) is 48.9 Å². The molecule has 2 aliphatic rings. The van der Waals surface area contributed by atoms with Crippen molar-refractivity contribution in [1.82, 2.24) is 9.80 Å². The number of ketones is 1. The monoisotopic (exact) mass is 478 g/mol. The average molecular weight is 479 g/mol. The van der Waals surface area contributed by atoms with Gasteiger partial charge in [0.15, 0.2) is 0 Å². The second kappa shape index (κ2) is 11.5. The predicted octanol–water partition coefficient (Wildman–Crippen LogP) is 3.93. The molecular weight excluding hydrogens is 444 g/mol. The average Bonchev–Trinajstić information content (AvgIpc) is 3.13. The molecule has 1 N–H and O–H groups in total. The summed E-state index contributed by atoms with van der Waals surface area (Å²) in [6.07, 6.45) is 1.59. The summed E-state index contributed by atoms with van der Waals surface area (Å²) in [4.78, 5) is 30.3. The maximum atomic E-state index is 13.2. The predicted molar refractivity (Wildman–Crippen MR) is 134 cm³/mol. The van der Waals surface area contributed by atoms with E-state index in [1.165, 1.54) is 0 Å². The number of benzene rings is 2. The smallest absolute Gasteiger partial charge is 0.295 e. The van der Waals surface area contributed by atoms with E-state index in [1.807, 2.05) is 44.2 Å². The van der Waals surface area contributed by atoms with E-state index in [-0.39, 0.29) is 11.3 Å². The highest BCUT2D eigenvalue weighted by Gasteiger charge is 2.45. The quantitative estimate of drug-likeness (QED) is 0.334. The van der Waals surface area contributed by atoms with Gasteiger partial charge in [0.2, 0.25) is 0 Å². The van der Waals surface area contributed by atoms with E-state index in [2.05, 4.69) is 4.90 Å². The number of ether oxygens (including phenoxy) is 2. The van der Waals surface area contributed by atoms with Crippen molar-refractivity contribution >= 4 is 17.4 Å². The molecule has 0 bridgehead atoms. The zero-order chi connectivity index (χ0) is 24.8. The maximum absolute atomic E-state index is 13.2. The molecule has 35 heavy (non-hydrogen) atoms. The number of carbonyl (C=O) groups is 2. The van der Waals surface area contributed by atoms with Crippen LogP contribution in [0.3, 0.4) is 0 Å². The van der Waals surface area contributed by atoms with Crippen LogP contribution < -0.4 is 4.74 Å². The molecule has 1 unspecified atom stereocenters. The van der Waals surface area contributed by atoms with Gasteiger partial charge in [-0.2, -0.15) is 0 Å². The third-order valence-corrected chi connectivity index (χ3v) is 6.49. The van der Waals surface area contributed by atoms with E-state index < -0.39 is 17.7 Å². The molecule has 2 aromatic carbocycles. The van der Waals surface area contributed by atoms with E-state index in [9.17, 15) is 14.7 Å². The van der Waals surface area contributed by atoms with Gasteiger partial charge in [0.05, 0.1) is 31.4 Å². The van der Waals surface area contributed by atoms with Gasteiger partial charge in [0.1, 0.15) is 11.5 Å². The number of nitrogens with zero attached hydrogens (tertiary/aromatic N) is 2. The highest BCUT2D eigenvalue weighted by atomic mass is 16.5. The Kier molecular flexibility index (Phi) is 8.21. The number of likely N-dealkylation sites (tertiary alicyclic amines) is 1. The van der Waals surface area contributed by atoms with E-state index in [0.29, 0.717) is 24.5 Å². The summed E-state index contributed by atoms with van der Waals surface area (Å²) >= 11 is 0. The minimum atomic E-state index is -0.653. The summed E-state index contributed by atoms with van der Waals surface area (Å²) in [6.45, 7) is 9.00. The van der Waals surface area contributed by atoms with Gasteiger partial charge < -0.3 is 19.5 Å². The Morgan fingerprint density at radius 3 is 2.54 bits per heavy atom. The number of carbonyl (C=O) groups excluding carboxylic acids is 2. The second-order valence-electron chi connectivity index (χ2n) is 9.09. The lowest BCUT2D eigenvalue weighted by molar-refractivity contribution is -0.140. The number of aliphatic hydroxyl groups excluding tert-OH is 1. The molecular formula is C28H34N2O5. The lowest BCUT2D eigenvalue weighted by atomic mass is 9.94. The van der Waals surface area contributed by atoms with Crippen LogP contribution in [0.1, 0.15) is 42.5 Å². The largest absolute Gasteiger partial charge is 0.507 e. The lowest BCUT2D eigenvalue weighted by Crippen LogP contribution is -2.38. The van der Waals surface area contributed by atoms with Crippen LogP contribution in [0.2, 0.25) is 0 Å². The minimum Gasteiger partial charge on any atom is -0.507 e. The molecule has 7 heteroatoms. The van der Waals surface area contributed by atoms with E-state index in [0.717, 1.165) is 56.8 Å². The van der Waals surface area contributed by atoms with Crippen LogP contribution >= 0.6 is 0 Å². The summed E-state index contributed by atoms with van der Waals surface area (Å²) in [5, 5.41) is 11.3. The molecule has 0 aliphatic carbocycles. The Labute approximate surface area is 206 Å². The third kappa shape index (κ3) is 5.74. The molecule has 0 saturated carbocycles. The van der Waals surface area contributed by atoms with E-state index in [1.54, 1.807) is 23.1 Å². The molecule has 1 atom stereocenters. The Hall–Kier alpha value is -3.16. The Bertz CT molecular complexity index is 1070. The number of Topliss-reactive ketones (excluding diaryl/α,β-unsaturated/α-hetero) is 1. The van der Waals surface area contributed by atoms with Crippen molar-refractivity contribution in [3.63, 3.8) is 0 Å². The number of amides is 1. The molecule has 186 valence electrons. The number of hydrogen-bond donors (Lipinski definition) is 1. The van der Waals surface area contributed by atoms with Crippen molar-refractivity contribution in [2.24, 2.45) is 0 Å². The van der Waals surface area contributed by atoms with Crippen molar-refractivity contribution in [2.75, 3.05) is 46.0 Å². The van der Waals surface area contributed by atoms with Gasteiger partial charge in [0.25, 0.3) is 11.7 Å². The fourth-order valence-electron chi connectivity index (χ4n) is 4.60. The van der Waals surface area contributed by atoms with Crippen molar-refractivity contribution in [2.45, 2.75) is 32.7 Å². The van der Waals surface area contributed by atoms with Crippen LogP contribution in [-0.2, 0) is 14.3 Å². The van der Waals surface area contributed by atoms with Crippen LogP contribution in [0.25, 0.3) is 5.76 Å². The van der Waals surface area contributed by atoms with Crippen molar-refractivity contribution in [3.05, 3.63) is 70.8 Å². The summed E-state index contributed by atoms with van der Waals surface area (Å²) in [7, 11) is 0. The normalized spacial score (nSPS) is 20.4. The van der Waals surface area contributed by atoms with Crippen molar-refractivity contribution in [3.8, 4) is 5.75 Å². The van der Waals surface area contributed by atoms with Crippen LogP contribution in [0.4, 0.5) is 0 Å². The zero-order valence-corrected chi connectivity index (χ0v) is 20.5. The highest BCUT2D eigenvalue weighted by molar-refractivity contribution is 6.46. The topological polar surface area (TPSA) is 79.3 Å². The molecule has 2 heterocycles. The first-order valence-electron chi connectivity index (χ1n) is 12.4. The van der Waals surface area contributed by atoms with Gasteiger partial charge in [-0.25, -0.2) is 0 Å². The Balaban J connectivity index is 1.65. The van der Waals surface area contributed by atoms with Gasteiger partial charge in [-0.3, -0.25) is 14.5 Å². The standard InChI is InChI=1S/C28H34N2O5/c1-3-16-35-23-7-4-6-22(19-23)26(31)24-25(21-10-8-20(2)9-11-21)30(28(33)27(24)32)13-5-12-29-14-17-34-18-15-29/h4,6-11,19,25,31H,3,5,12-18H2,1-2H3. The van der Waals surface area contributed by atoms with Crippen molar-refractivity contribution < 1.29 is 24.2 Å². The summed E-state index contributed by atoms with van der Waals surface area (Å²) in [6, 6.07) is 14.2. The minimum absolute atomic E-state index is 0.123. The number of morpholine rings is 1. The molecule has 0 aromatic heterocycles. The molecule has 0 radical (unpaired) electrons. The Morgan fingerprint density at radius 1 is 1.09 bits per heavy atom. The summed E-state index contributed by atoms with van der Waals surface area (Å²) in [5.74, 6) is -0.786. The fraction of sp³-hybridized carbons (Fsp3) is 0.429. The van der Waals surface area contributed by atoms with Gasteiger partial charge >= 0.3 is 0 Å². The molecule has 2 aliphatic heterocycles. The van der Waals surface area contributed by atoms with Crippen LogP contribution in [0, 0.1) is 6.92 Å². The summed E-state index contributed by atoms with van der Waals surface area (Å²) < 4.78 is 11.1. The number of aliphatic hydroxyl groups is 1. The molecule has 0 spiro atoms. The maximum Gasteiger partial charge on any atom is 0.295 e. The second-order valence-corrected chi connectivity index (χ2v) is 9.09. The molecule has 7 nitrogen and oxygen atoms in total. The lowest BCUT2D eigenvalue weighted by Gasteiger charge is -2.29. The highest BCUT2D eigenvalue weighted by Crippen LogP contribution is 2.39. The van der Waals surface area contributed by atoms with Gasteiger partial charge in [-0.15, -0.1) is 0 Å². The number of aryl methyl sites for hydroxylation is 1. The number of hydrogen-bond acceptors (Lipinski definition) is 6. The summed E-state index contributed by atoms with van der Waals surface area (Å²) in [5.41, 5.74) is 2.47. The molecule has 4 rings (SSSR count). The van der Waals surface area contributed by atoms with E-state index in [4.69, 9.17) is 9.47 Å². The fourth-order valence-corrected chi connectivity index (χ4v) is 4.60. The zero-order valence-electron chi connectivity index (χ0n) is 20.5. The van der Waals surface area contributed by atoms with Gasteiger partial charge in [-0.05, 0) is 37.5 Å². The Morgan fingerprint density at radius 2 is 1.83 bits per heavy atom.